The van der Waals surface area contributed by atoms with Crippen LogP contribution in [0.25, 0.3) is 56.4 Å². The second kappa shape index (κ2) is 16.0. The Morgan fingerprint density at radius 1 is 0.242 bits per heavy atom. The van der Waals surface area contributed by atoms with Crippen LogP contribution in [-0.2, 0) is 0 Å². The highest BCUT2D eigenvalue weighted by Gasteiger charge is 2.33. The fraction of sp³-hybridized carbons (Fsp3) is 0. The van der Waals surface area contributed by atoms with Crippen molar-refractivity contribution in [2.75, 3.05) is 4.90 Å². The number of rotatable bonds is 6. The number of benzene rings is 9. The van der Waals surface area contributed by atoms with Gasteiger partial charge >= 0.3 is 0 Å². The molecule has 0 N–H and O–H groups in total. The van der Waals surface area contributed by atoms with Crippen molar-refractivity contribution in [3.63, 3.8) is 0 Å². The first-order valence-electron chi connectivity index (χ1n) is 20.8. The maximum atomic E-state index is 5.10. The smallest absolute Gasteiger partial charge is 0.164 e. The summed E-state index contributed by atoms with van der Waals surface area (Å²) in [5.74, 6) is 1.91. The molecule has 0 fully saturated rings. The van der Waals surface area contributed by atoms with E-state index in [1.165, 1.54) is 19.6 Å². The van der Waals surface area contributed by atoms with E-state index in [0.29, 0.717) is 17.5 Å². The van der Waals surface area contributed by atoms with Crippen molar-refractivity contribution in [3.8, 4) is 56.4 Å². The van der Waals surface area contributed by atoms with Gasteiger partial charge in [0.2, 0.25) is 0 Å². The van der Waals surface area contributed by atoms with Crippen LogP contribution in [0.15, 0.2) is 262 Å². The fourth-order valence-electron chi connectivity index (χ4n) is 8.61. The zero-order chi connectivity index (χ0) is 41.3. The van der Waals surface area contributed by atoms with E-state index in [-0.39, 0.29) is 0 Å². The topological polar surface area (TPSA) is 41.9 Å². The lowest BCUT2D eigenvalue weighted by atomic mass is 9.99. The van der Waals surface area contributed by atoms with Gasteiger partial charge in [-0.05, 0) is 119 Å². The number of hydrogen-bond donors (Lipinski definition) is 0. The van der Waals surface area contributed by atoms with Crippen LogP contribution in [-0.4, -0.2) is 15.0 Å². The molecule has 10 aromatic rings. The van der Waals surface area contributed by atoms with Crippen LogP contribution in [0.3, 0.4) is 0 Å². The Labute approximate surface area is 363 Å². The summed E-state index contributed by atoms with van der Waals surface area (Å²) in [4.78, 5) is 22.7. The van der Waals surface area contributed by atoms with Crippen molar-refractivity contribution in [1.29, 1.82) is 0 Å². The number of nitrogens with zero attached hydrogens (tertiary/aromatic N) is 4. The Morgan fingerprint density at radius 2 is 0.565 bits per heavy atom. The molecule has 0 atom stereocenters. The molecule has 294 valence electrons. The van der Waals surface area contributed by atoms with Crippen LogP contribution in [0.2, 0.25) is 0 Å². The quantitative estimate of drug-likeness (QED) is 0.168. The van der Waals surface area contributed by atoms with Crippen molar-refractivity contribution in [1.82, 2.24) is 15.0 Å². The van der Waals surface area contributed by atoms with Gasteiger partial charge in [0, 0.05) is 53.3 Å². The lowest BCUT2D eigenvalue weighted by Crippen LogP contribution is -2.11. The second-order valence-electron chi connectivity index (χ2n) is 15.3. The molecule has 0 radical (unpaired) electrons. The second-order valence-corrected chi connectivity index (χ2v) is 18.4. The van der Waals surface area contributed by atoms with Crippen molar-refractivity contribution >= 4 is 27.1 Å². The number of fused-ring (bicyclic) bond motifs is 14. The highest BCUT2D eigenvalue weighted by Crippen LogP contribution is 2.73. The van der Waals surface area contributed by atoms with Crippen molar-refractivity contribution in [2.45, 2.75) is 19.6 Å². The monoisotopic (exact) mass is 812 g/mol. The van der Waals surface area contributed by atoms with Gasteiger partial charge in [-0.1, -0.05) is 146 Å². The van der Waals surface area contributed by atoms with Crippen LogP contribution in [0.4, 0.5) is 17.1 Å². The van der Waals surface area contributed by atoms with Gasteiger partial charge in [0.1, 0.15) is 0 Å². The zero-order valence-electron chi connectivity index (χ0n) is 33.8. The molecule has 0 saturated heterocycles. The molecule has 9 aromatic carbocycles. The normalized spacial score (nSPS) is 12.1. The molecule has 5 heteroatoms. The minimum absolute atomic E-state index is 0.632. The summed E-state index contributed by atoms with van der Waals surface area (Å²) in [5, 5.41) is 0. The van der Waals surface area contributed by atoms with E-state index in [0.717, 1.165) is 56.0 Å². The molecular weight excluding hydrogens is 773 g/mol. The molecule has 0 aliphatic carbocycles. The minimum Gasteiger partial charge on any atom is -0.310 e. The van der Waals surface area contributed by atoms with E-state index in [1.807, 2.05) is 30.3 Å². The molecule has 1 aliphatic heterocycles. The van der Waals surface area contributed by atoms with Crippen molar-refractivity contribution < 1.29 is 0 Å². The first-order valence-corrected chi connectivity index (χ1v) is 22.5. The van der Waals surface area contributed by atoms with E-state index in [4.69, 9.17) is 15.0 Å². The molecular formula is C57H40N4S. The predicted molar refractivity (Wildman–Crippen MR) is 255 cm³/mol. The maximum Gasteiger partial charge on any atom is 0.164 e. The summed E-state index contributed by atoms with van der Waals surface area (Å²) in [7, 11) is -1.85. The van der Waals surface area contributed by atoms with Crippen molar-refractivity contribution in [2.24, 2.45) is 0 Å². The molecule has 2 heterocycles. The van der Waals surface area contributed by atoms with Gasteiger partial charge in [-0.2, -0.15) is 0 Å². The summed E-state index contributed by atoms with van der Waals surface area (Å²) in [6.45, 7) is 0. The largest absolute Gasteiger partial charge is 0.310 e. The van der Waals surface area contributed by atoms with E-state index >= 15 is 0 Å². The summed E-state index contributed by atoms with van der Waals surface area (Å²) < 4.78 is 0. The van der Waals surface area contributed by atoms with Crippen LogP contribution in [0, 0.1) is 0 Å². The number of hydrogen-bond acceptors (Lipinski definition) is 4. The Kier molecular flexibility index (Phi) is 9.57. The zero-order valence-corrected chi connectivity index (χ0v) is 34.6. The Hall–Kier alpha value is -7.86. The Morgan fingerprint density at radius 3 is 1.00 bits per heavy atom. The van der Waals surface area contributed by atoms with E-state index < -0.39 is 10.0 Å². The number of anilines is 3. The summed E-state index contributed by atoms with van der Waals surface area (Å²) in [5.41, 5.74) is 10.3. The molecule has 10 bridgehead atoms. The average Bonchev–Trinajstić information content (AvgIpc) is 3.36. The fourth-order valence-corrected chi connectivity index (χ4v) is 12.5. The highest BCUT2D eigenvalue weighted by atomic mass is 32.3. The van der Waals surface area contributed by atoms with Crippen LogP contribution < -0.4 is 4.90 Å². The van der Waals surface area contributed by atoms with Gasteiger partial charge in [-0.3, -0.25) is 0 Å². The van der Waals surface area contributed by atoms with E-state index in [9.17, 15) is 0 Å². The third-order valence-electron chi connectivity index (χ3n) is 11.5. The first kappa shape index (κ1) is 37.2. The van der Waals surface area contributed by atoms with E-state index in [2.05, 4.69) is 217 Å². The minimum atomic E-state index is -1.85. The van der Waals surface area contributed by atoms with Crippen LogP contribution in [0.1, 0.15) is 0 Å². The summed E-state index contributed by atoms with van der Waals surface area (Å²) >= 11 is 0. The maximum absolute atomic E-state index is 5.10. The van der Waals surface area contributed by atoms with Crippen molar-refractivity contribution in [3.05, 3.63) is 243 Å². The molecule has 1 aliphatic rings. The standard InChI is InChI=1S/C57H40N4S/c1-5-17-41(18-6-1)55-58-56-46-23-13-19-42(37-46)44-21-15-25-49(39-44)61(50-26-16-22-45(40-50)43-20-14-24-47(38-43)57(59-55)60-56)48-33-35-54(36-34-48)62(51-27-7-2-8-28-51,52-29-9-3-10-30-52)53-31-11-4-12-32-53/h1-40H. The average molecular weight is 813 g/mol. The molecule has 0 unspecified atom stereocenters. The van der Waals surface area contributed by atoms with Gasteiger partial charge in [0.25, 0.3) is 0 Å². The Balaban J connectivity index is 1.11. The first-order chi connectivity index (χ1) is 30.7. The van der Waals surface area contributed by atoms with Crippen LogP contribution >= 0.6 is 10.0 Å². The predicted octanol–water partition coefficient (Wildman–Crippen LogP) is 15.3. The Bertz CT molecular complexity index is 2970. The SMILES string of the molecule is c1ccc(-c2nc3nc(n2)-c2cccc(c2)-c2cccc(c2)N(c2ccc(S(c4ccccc4)(c4ccccc4)c4ccccc4)cc2)c2cccc(c2)-c2cccc-3c2)cc1. The van der Waals surface area contributed by atoms with Crippen LogP contribution in [0.5, 0.6) is 0 Å². The summed E-state index contributed by atoms with van der Waals surface area (Å²) in [6.07, 6.45) is 0. The molecule has 1 aromatic heterocycles. The highest BCUT2D eigenvalue weighted by molar-refractivity contribution is 8.34. The lowest BCUT2D eigenvalue weighted by Gasteiger charge is -2.42. The van der Waals surface area contributed by atoms with Gasteiger partial charge < -0.3 is 4.90 Å². The number of aromatic nitrogens is 3. The molecule has 4 nitrogen and oxygen atoms in total. The third kappa shape index (κ3) is 6.75. The van der Waals surface area contributed by atoms with Gasteiger partial charge in [0.05, 0.1) is 0 Å². The van der Waals surface area contributed by atoms with E-state index in [1.54, 1.807) is 0 Å². The molecule has 11 rings (SSSR count). The molecule has 62 heavy (non-hydrogen) atoms. The molecule has 0 spiro atoms. The van der Waals surface area contributed by atoms with Gasteiger partial charge in [-0.25, -0.2) is 15.0 Å². The molecule has 0 saturated carbocycles. The lowest BCUT2D eigenvalue weighted by molar-refractivity contribution is 1.07. The molecule has 0 amide bonds. The third-order valence-corrected chi connectivity index (χ3v) is 15.4. The van der Waals surface area contributed by atoms with Gasteiger partial charge in [-0.15, -0.1) is 10.0 Å². The summed E-state index contributed by atoms with van der Waals surface area (Å²) in [6, 6.07) is 87.1. The van der Waals surface area contributed by atoms with Gasteiger partial charge in [0.15, 0.2) is 17.5 Å².